The van der Waals surface area contributed by atoms with E-state index in [9.17, 15) is 13.2 Å². The second kappa shape index (κ2) is 8.52. The predicted octanol–water partition coefficient (Wildman–Crippen LogP) is 3.27. The maximum Gasteiger partial charge on any atom is 0.289 e. The number of furan rings is 1. The average Bonchev–Trinajstić information content (AvgIpc) is 3.40. The summed E-state index contributed by atoms with van der Waals surface area (Å²) in [6, 6.07) is 11.9. The fraction of sp³-hybridized carbons (Fsp3) is 0.286. The molecule has 1 aromatic carbocycles. The number of piperazine rings is 1. The van der Waals surface area contributed by atoms with Crippen LogP contribution in [-0.2, 0) is 22.1 Å². The minimum Gasteiger partial charge on any atom is -0.459 e. The molecule has 3 aromatic rings. The SMILES string of the molecule is O=C(c1occc1CS(=O)(=O)c1ccccc1)N1CCN(Cc2ccsc2)CC1. The molecular weight excluding hydrogens is 408 g/mol. The first-order valence-corrected chi connectivity index (χ1v) is 12.0. The van der Waals surface area contributed by atoms with Crippen LogP contribution in [0.5, 0.6) is 0 Å². The summed E-state index contributed by atoms with van der Waals surface area (Å²) in [6.45, 7) is 3.62. The number of hydrogen-bond donors (Lipinski definition) is 0. The average molecular weight is 431 g/mol. The zero-order valence-electron chi connectivity index (χ0n) is 15.9. The van der Waals surface area contributed by atoms with Crippen molar-refractivity contribution in [2.24, 2.45) is 0 Å². The van der Waals surface area contributed by atoms with Gasteiger partial charge in [-0.1, -0.05) is 18.2 Å². The number of amides is 1. The molecule has 152 valence electrons. The lowest BCUT2D eigenvalue weighted by molar-refractivity contribution is 0.0597. The maximum absolute atomic E-state index is 12.9. The van der Waals surface area contributed by atoms with Crippen molar-refractivity contribution < 1.29 is 17.6 Å². The van der Waals surface area contributed by atoms with Gasteiger partial charge in [0.15, 0.2) is 15.6 Å². The molecule has 0 atom stereocenters. The molecule has 4 rings (SSSR count). The van der Waals surface area contributed by atoms with Crippen molar-refractivity contribution in [2.75, 3.05) is 26.2 Å². The van der Waals surface area contributed by atoms with Crippen LogP contribution < -0.4 is 0 Å². The summed E-state index contributed by atoms with van der Waals surface area (Å²) in [4.78, 5) is 17.2. The number of hydrogen-bond acceptors (Lipinski definition) is 6. The minimum absolute atomic E-state index is 0.121. The Morgan fingerprint density at radius 3 is 2.48 bits per heavy atom. The van der Waals surface area contributed by atoms with Crippen LogP contribution in [0.15, 0.2) is 68.8 Å². The van der Waals surface area contributed by atoms with Gasteiger partial charge in [0.2, 0.25) is 0 Å². The Morgan fingerprint density at radius 1 is 1.03 bits per heavy atom. The van der Waals surface area contributed by atoms with Crippen LogP contribution in [-0.4, -0.2) is 50.3 Å². The first-order valence-electron chi connectivity index (χ1n) is 9.40. The molecule has 6 nitrogen and oxygen atoms in total. The van der Waals surface area contributed by atoms with Crippen LogP contribution in [0.25, 0.3) is 0 Å². The zero-order chi connectivity index (χ0) is 20.3. The highest BCUT2D eigenvalue weighted by atomic mass is 32.2. The highest BCUT2D eigenvalue weighted by Crippen LogP contribution is 2.22. The van der Waals surface area contributed by atoms with E-state index in [0.717, 1.165) is 19.6 Å². The fourth-order valence-electron chi connectivity index (χ4n) is 3.45. The number of thiophene rings is 1. The van der Waals surface area contributed by atoms with Crippen molar-refractivity contribution in [3.8, 4) is 0 Å². The largest absolute Gasteiger partial charge is 0.459 e. The Morgan fingerprint density at radius 2 is 1.79 bits per heavy atom. The van der Waals surface area contributed by atoms with Gasteiger partial charge in [0.25, 0.3) is 5.91 Å². The van der Waals surface area contributed by atoms with Crippen LogP contribution in [0.1, 0.15) is 21.7 Å². The van der Waals surface area contributed by atoms with Gasteiger partial charge in [-0.25, -0.2) is 8.42 Å². The van der Waals surface area contributed by atoms with Crippen molar-refractivity contribution >= 4 is 27.1 Å². The highest BCUT2D eigenvalue weighted by molar-refractivity contribution is 7.90. The Hall–Kier alpha value is -2.42. The van der Waals surface area contributed by atoms with E-state index in [-0.39, 0.29) is 22.3 Å². The summed E-state index contributed by atoms with van der Waals surface area (Å²) in [5.74, 6) is -0.383. The Bertz CT molecular complexity index is 1050. The summed E-state index contributed by atoms with van der Waals surface area (Å²) in [5.41, 5.74) is 1.69. The lowest BCUT2D eigenvalue weighted by Gasteiger charge is -2.34. The van der Waals surface area contributed by atoms with E-state index in [0.29, 0.717) is 18.7 Å². The molecule has 0 bridgehead atoms. The van der Waals surface area contributed by atoms with E-state index in [4.69, 9.17) is 4.42 Å². The molecule has 1 amide bonds. The van der Waals surface area contributed by atoms with Gasteiger partial charge in [0, 0.05) is 38.3 Å². The third kappa shape index (κ3) is 4.60. The van der Waals surface area contributed by atoms with E-state index < -0.39 is 9.84 Å². The second-order valence-corrected chi connectivity index (χ2v) is 9.82. The van der Waals surface area contributed by atoms with Crippen LogP contribution in [0.2, 0.25) is 0 Å². The van der Waals surface area contributed by atoms with E-state index >= 15 is 0 Å². The zero-order valence-corrected chi connectivity index (χ0v) is 17.5. The first-order chi connectivity index (χ1) is 14.0. The van der Waals surface area contributed by atoms with Gasteiger partial charge in [0.05, 0.1) is 16.9 Å². The van der Waals surface area contributed by atoms with Crippen molar-refractivity contribution in [1.82, 2.24) is 9.80 Å². The molecule has 1 aliphatic rings. The van der Waals surface area contributed by atoms with Gasteiger partial charge in [0.1, 0.15) is 0 Å². The van der Waals surface area contributed by atoms with Gasteiger partial charge in [-0.3, -0.25) is 9.69 Å². The number of sulfone groups is 1. The molecular formula is C21H22N2O4S2. The summed E-state index contributed by atoms with van der Waals surface area (Å²) in [7, 11) is -3.55. The summed E-state index contributed by atoms with van der Waals surface area (Å²) < 4.78 is 30.8. The van der Waals surface area contributed by atoms with Gasteiger partial charge in [-0.15, -0.1) is 0 Å². The van der Waals surface area contributed by atoms with E-state index in [1.807, 2.05) is 0 Å². The molecule has 1 saturated heterocycles. The molecule has 3 heterocycles. The van der Waals surface area contributed by atoms with Crippen molar-refractivity contribution in [1.29, 1.82) is 0 Å². The predicted molar refractivity (Wildman–Crippen MR) is 112 cm³/mol. The van der Waals surface area contributed by atoms with E-state index in [1.54, 1.807) is 52.6 Å². The third-order valence-electron chi connectivity index (χ3n) is 5.03. The van der Waals surface area contributed by atoms with E-state index in [1.165, 1.54) is 11.8 Å². The second-order valence-electron chi connectivity index (χ2n) is 7.05. The van der Waals surface area contributed by atoms with Crippen molar-refractivity contribution in [2.45, 2.75) is 17.2 Å². The summed E-state index contributed by atoms with van der Waals surface area (Å²) in [5, 5.41) is 4.21. The molecule has 0 N–H and O–H groups in total. The van der Waals surface area contributed by atoms with Crippen LogP contribution >= 0.6 is 11.3 Å². The molecule has 1 fully saturated rings. The highest BCUT2D eigenvalue weighted by Gasteiger charge is 2.28. The monoisotopic (exact) mass is 430 g/mol. The van der Waals surface area contributed by atoms with Crippen molar-refractivity contribution in [3.05, 3.63) is 76.4 Å². The topological polar surface area (TPSA) is 70.8 Å². The normalized spacial score (nSPS) is 15.5. The first kappa shape index (κ1) is 19.9. The Balaban J connectivity index is 1.41. The molecule has 29 heavy (non-hydrogen) atoms. The van der Waals surface area contributed by atoms with Crippen LogP contribution in [0.4, 0.5) is 0 Å². The molecule has 0 saturated carbocycles. The number of rotatable bonds is 6. The number of benzene rings is 1. The lowest BCUT2D eigenvalue weighted by Crippen LogP contribution is -2.48. The molecule has 0 unspecified atom stereocenters. The van der Waals surface area contributed by atoms with E-state index in [2.05, 4.69) is 21.7 Å². The molecule has 2 aromatic heterocycles. The number of carbonyl (C=O) groups is 1. The summed E-state index contributed by atoms with van der Waals surface area (Å²) >= 11 is 1.68. The Labute approximate surface area is 174 Å². The fourth-order valence-corrected chi connectivity index (χ4v) is 5.48. The summed E-state index contributed by atoms with van der Waals surface area (Å²) in [6.07, 6.45) is 1.38. The number of nitrogens with zero attached hydrogens (tertiary/aromatic N) is 2. The lowest BCUT2D eigenvalue weighted by atomic mass is 10.2. The molecule has 0 spiro atoms. The van der Waals surface area contributed by atoms with Gasteiger partial charge >= 0.3 is 0 Å². The molecule has 0 radical (unpaired) electrons. The van der Waals surface area contributed by atoms with Gasteiger partial charge < -0.3 is 9.32 Å². The molecule has 1 aliphatic heterocycles. The standard InChI is InChI=1S/C21H22N2O4S2/c24-21(23-10-8-22(9-11-23)14-17-7-13-28-15-17)20-18(6-12-27-20)16-29(25,26)19-4-2-1-3-5-19/h1-7,12-13,15H,8-11,14,16H2. The Kier molecular flexibility index (Phi) is 5.84. The number of carbonyl (C=O) groups excluding carboxylic acids is 1. The molecule has 8 heteroatoms. The van der Waals surface area contributed by atoms with Crippen LogP contribution in [0.3, 0.4) is 0 Å². The quantitative estimate of drug-likeness (QED) is 0.600. The smallest absolute Gasteiger partial charge is 0.289 e. The molecule has 0 aliphatic carbocycles. The van der Waals surface area contributed by atoms with Crippen molar-refractivity contribution in [3.63, 3.8) is 0 Å². The maximum atomic E-state index is 12.9. The van der Waals surface area contributed by atoms with Gasteiger partial charge in [-0.2, -0.15) is 11.3 Å². The third-order valence-corrected chi connectivity index (χ3v) is 7.45. The van der Waals surface area contributed by atoms with Crippen LogP contribution in [0, 0.1) is 0 Å². The van der Waals surface area contributed by atoms with Gasteiger partial charge in [-0.05, 0) is 40.6 Å². The minimum atomic E-state index is -3.55.